The number of aliphatic hydroxyl groups is 1. The number of rotatable bonds is 10. The molecule has 2 amide bonds. The first kappa shape index (κ1) is 28.6. The van der Waals surface area contributed by atoms with Crippen LogP contribution >= 0.6 is 0 Å². The lowest BCUT2D eigenvalue weighted by Gasteiger charge is -2.47. The fourth-order valence-corrected chi connectivity index (χ4v) is 6.11. The van der Waals surface area contributed by atoms with Crippen molar-refractivity contribution in [2.75, 3.05) is 13.1 Å². The maximum atomic E-state index is 13.4. The number of carbonyl (C=O) groups excluding carboxylic acids is 2. The van der Waals surface area contributed by atoms with Crippen molar-refractivity contribution in [2.45, 2.75) is 110 Å². The molecular formula is C30H49N3O3. The van der Waals surface area contributed by atoms with Crippen molar-refractivity contribution < 1.29 is 14.7 Å². The third kappa shape index (κ3) is 8.04. The molecule has 6 nitrogen and oxygen atoms in total. The van der Waals surface area contributed by atoms with Gasteiger partial charge in [0.25, 0.3) is 0 Å². The Morgan fingerprint density at radius 3 is 2.31 bits per heavy atom. The van der Waals surface area contributed by atoms with Gasteiger partial charge in [-0.2, -0.15) is 0 Å². The number of benzene rings is 1. The first-order chi connectivity index (χ1) is 17.1. The minimum Gasteiger partial charge on any atom is -0.390 e. The average molecular weight is 500 g/mol. The summed E-state index contributed by atoms with van der Waals surface area (Å²) < 4.78 is 0. The molecule has 0 spiro atoms. The Labute approximate surface area is 218 Å². The van der Waals surface area contributed by atoms with Crippen molar-refractivity contribution in [3.05, 3.63) is 35.9 Å². The molecule has 5 atom stereocenters. The van der Waals surface area contributed by atoms with Crippen molar-refractivity contribution >= 4 is 11.8 Å². The molecule has 3 N–H and O–H groups in total. The molecule has 0 bridgehead atoms. The Bertz CT molecular complexity index is 834. The molecule has 1 saturated heterocycles. The molecule has 0 aromatic heterocycles. The van der Waals surface area contributed by atoms with Crippen LogP contribution in [0.25, 0.3) is 0 Å². The van der Waals surface area contributed by atoms with Gasteiger partial charge in [0.05, 0.1) is 18.2 Å². The fourth-order valence-electron chi connectivity index (χ4n) is 6.11. The highest BCUT2D eigenvalue weighted by atomic mass is 16.3. The van der Waals surface area contributed by atoms with Gasteiger partial charge in [-0.1, -0.05) is 63.4 Å². The zero-order valence-electron chi connectivity index (χ0n) is 23.1. The van der Waals surface area contributed by atoms with Crippen LogP contribution in [0, 0.1) is 17.8 Å². The van der Waals surface area contributed by atoms with E-state index in [-0.39, 0.29) is 29.3 Å². The third-order valence-electron chi connectivity index (χ3n) is 8.17. The predicted octanol–water partition coefficient (Wildman–Crippen LogP) is 4.31. The Kier molecular flexibility index (Phi) is 10.4. The molecule has 2 aliphatic rings. The van der Waals surface area contributed by atoms with E-state index in [0.29, 0.717) is 24.8 Å². The van der Waals surface area contributed by atoms with Crippen LogP contribution in [-0.2, 0) is 16.0 Å². The lowest BCUT2D eigenvalue weighted by Crippen LogP contribution is -2.60. The van der Waals surface area contributed by atoms with Gasteiger partial charge in [-0.25, -0.2) is 0 Å². The van der Waals surface area contributed by atoms with Crippen LogP contribution in [0.4, 0.5) is 0 Å². The van der Waals surface area contributed by atoms with Crippen LogP contribution in [0.2, 0.25) is 0 Å². The molecule has 0 radical (unpaired) electrons. The first-order valence-electron chi connectivity index (χ1n) is 14.2. The van der Waals surface area contributed by atoms with E-state index in [9.17, 15) is 14.7 Å². The van der Waals surface area contributed by atoms with Gasteiger partial charge >= 0.3 is 0 Å². The summed E-state index contributed by atoms with van der Waals surface area (Å²) in [5, 5.41) is 17.9. The van der Waals surface area contributed by atoms with Crippen molar-refractivity contribution in [2.24, 2.45) is 17.8 Å². The second-order valence-electron chi connectivity index (χ2n) is 12.1. The summed E-state index contributed by atoms with van der Waals surface area (Å²) >= 11 is 0. The Morgan fingerprint density at radius 1 is 1.06 bits per heavy atom. The molecule has 3 rings (SSSR count). The van der Waals surface area contributed by atoms with E-state index >= 15 is 0 Å². The highest BCUT2D eigenvalue weighted by Crippen LogP contribution is 2.39. The smallest absolute Gasteiger partial charge is 0.237 e. The van der Waals surface area contributed by atoms with E-state index in [1.165, 1.54) is 25.7 Å². The number of likely N-dealkylation sites (tertiary alicyclic amines) is 1. The summed E-state index contributed by atoms with van der Waals surface area (Å²) in [5.41, 5.74) is 0.781. The summed E-state index contributed by atoms with van der Waals surface area (Å²) in [5.74, 6) is 1.17. The van der Waals surface area contributed by atoms with Crippen molar-refractivity contribution in [1.82, 2.24) is 15.5 Å². The summed E-state index contributed by atoms with van der Waals surface area (Å²) in [6, 6.07) is 9.38. The number of amides is 2. The maximum Gasteiger partial charge on any atom is 0.237 e. The van der Waals surface area contributed by atoms with E-state index in [0.717, 1.165) is 31.4 Å². The van der Waals surface area contributed by atoms with Crippen LogP contribution in [0.5, 0.6) is 0 Å². The highest BCUT2D eigenvalue weighted by molar-refractivity contribution is 5.82. The van der Waals surface area contributed by atoms with Crippen molar-refractivity contribution in [3.63, 3.8) is 0 Å². The van der Waals surface area contributed by atoms with E-state index in [1.54, 1.807) is 0 Å². The normalized spacial score (nSPS) is 24.6. The SMILES string of the molecule is CCC(CC)C(=O)NC(Cc1ccccc1)C(O)CN1CC2CCCCC2CC1C(=O)NC(C)(C)C. The largest absolute Gasteiger partial charge is 0.390 e. The van der Waals surface area contributed by atoms with Crippen LogP contribution in [0.3, 0.4) is 0 Å². The first-order valence-corrected chi connectivity index (χ1v) is 14.2. The Balaban J connectivity index is 1.79. The van der Waals surface area contributed by atoms with Gasteiger partial charge in [-0.05, 0) is 70.3 Å². The van der Waals surface area contributed by atoms with Gasteiger partial charge in [0, 0.05) is 24.5 Å². The molecular weight excluding hydrogens is 450 g/mol. The fraction of sp³-hybridized carbons (Fsp3) is 0.733. The Hall–Kier alpha value is -1.92. The summed E-state index contributed by atoms with van der Waals surface area (Å²) in [7, 11) is 0. The molecule has 1 aliphatic carbocycles. The number of hydrogen-bond acceptors (Lipinski definition) is 4. The molecule has 202 valence electrons. The number of piperidine rings is 1. The number of nitrogens with one attached hydrogen (secondary N) is 2. The van der Waals surface area contributed by atoms with E-state index in [2.05, 4.69) is 15.5 Å². The zero-order valence-corrected chi connectivity index (χ0v) is 23.1. The minimum absolute atomic E-state index is 0.00740. The molecule has 36 heavy (non-hydrogen) atoms. The molecule has 1 aromatic rings. The van der Waals surface area contributed by atoms with Gasteiger partial charge < -0.3 is 15.7 Å². The molecule has 1 aliphatic heterocycles. The molecule has 2 fully saturated rings. The number of fused-ring (bicyclic) bond motifs is 1. The van der Waals surface area contributed by atoms with Crippen LogP contribution in [-0.4, -0.2) is 58.6 Å². The topological polar surface area (TPSA) is 81.7 Å². The van der Waals surface area contributed by atoms with E-state index in [4.69, 9.17) is 0 Å². The van der Waals surface area contributed by atoms with Crippen molar-refractivity contribution in [3.8, 4) is 0 Å². The van der Waals surface area contributed by atoms with Crippen LogP contribution in [0.1, 0.15) is 85.1 Å². The molecule has 1 saturated carbocycles. The lowest BCUT2D eigenvalue weighted by molar-refractivity contribution is -0.133. The second kappa shape index (κ2) is 13.0. The van der Waals surface area contributed by atoms with Gasteiger partial charge in [0.15, 0.2) is 0 Å². The quantitative estimate of drug-likeness (QED) is 0.448. The van der Waals surface area contributed by atoms with Crippen LogP contribution < -0.4 is 10.6 Å². The Morgan fingerprint density at radius 2 is 1.69 bits per heavy atom. The summed E-state index contributed by atoms with van der Waals surface area (Å²) in [6.45, 7) is 11.3. The van der Waals surface area contributed by atoms with Gasteiger partial charge in [0.1, 0.15) is 0 Å². The maximum absolute atomic E-state index is 13.4. The average Bonchev–Trinajstić information content (AvgIpc) is 2.83. The predicted molar refractivity (Wildman–Crippen MR) is 145 cm³/mol. The van der Waals surface area contributed by atoms with Gasteiger partial charge in [0.2, 0.25) is 11.8 Å². The number of nitrogens with zero attached hydrogens (tertiary/aromatic N) is 1. The van der Waals surface area contributed by atoms with Crippen LogP contribution in [0.15, 0.2) is 30.3 Å². The number of β-amino-alcohol motifs (C(OH)–C–C–N with tert-alkyl or cyclic N) is 1. The van der Waals surface area contributed by atoms with Gasteiger partial charge in [-0.15, -0.1) is 0 Å². The second-order valence-corrected chi connectivity index (χ2v) is 12.1. The van der Waals surface area contributed by atoms with Crippen molar-refractivity contribution in [1.29, 1.82) is 0 Å². The monoisotopic (exact) mass is 499 g/mol. The lowest BCUT2D eigenvalue weighted by atomic mass is 9.72. The number of carbonyl (C=O) groups is 2. The standard InChI is InChI=1S/C30H49N3O3/c1-6-22(7-2)28(35)31-25(17-21-13-9-8-10-14-21)27(34)20-33-19-24-16-12-11-15-23(24)18-26(33)29(36)32-30(3,4)5/h8-10,13-14,22-27,34H,6-7,11-12,15-20H2,1-5H3,(H,31,35)(H,32,36). The van der Waals surface area contributed by atoms with E-state index < -0.39 is 12.1 Å². The number of hydrogen-bond donors (Lipinski definition) is 3. The molecule has 6 heteroatoms. The summed E-state index contributed by atoms with van der Waals surface area (Å²) in [4.78, 5) is 28.6. The molecule has 1 aromatic carbocycles. The minimum atomic E-state index is -0.770. The third-order valence-corrected chi connectivity index (χ3v) is 8.17. The molecule has 5 unspecified atom stereocenters. The van der Waals surface area contributed by atoms with Gasteiger partial charge in [-0.3, -0.25) is 14.5 Å². The molecule has 1 heterocycles. The summed E-state index contributed by atoms with van der Waals surface area (Å²) in [6.07, 6.45) is 7.09. The zero-order chi connectivity index (χ0) is 26.3. The number of aliphatic hydroxyl groups excluding tert-OH is 1. The van der Waals surface area contributed by atoms with E-state index in [1.807, 2.05) is 65.0 Å². The highest BCUT2D eigenvalue weighted by Gasteiger charge is 2.41.